The van der Waals surface area contributed by atoms with E-state index in [9.17, 15) is 23.9 Å². The number of hydrogen-bond acceptors (Lipinski definition) is 5. The van der Waals surface area contributed by atoms with Crippen molar-refractivity contribution in [3.8, 4) is 5.69 Å². The Labute approximate surface area is 199 Å². The topological polar surface area (TPSA) is 114 Å². The minimum Gasteiger partial charge on any atom is -0.480 e. The van der Waals surface area contributed by atoms with E-state index in [-0.39, 0.29) is 29.2 Å². The van der Waals surface area contributed by atoms with Crippen LogP contribution in [0.25, 0.3) is 5.69 Å². The molecule has 3 aromatic rings. The molecular formula is C25H24F3N3O4. The number of rotatable bonds is 9. The highest BCUT2D eigenvalue weighted by Crippen LogP contribution is 2.24. The number of aliphatic carboxylic acids is 1. The molecule has 7 nitrogen and oxygen atoms in total. The number of nitrogens with zero attached hydrogens (tertiary/aromatic N) is 1. The second-order valence-corrected chi connectivity index (χ2v) is 8.45. The molecule has 1 heterocycles. The number of hydrogen-bond donors (Lipinski definition) is 3. The molecule has 184 valence electrons. The molecule has 0 amide bonds. The summed E-state index contributed by atoms with van der Waals surface area (Å²) < 4.78 is 43.8. The number of nitrogen functional groups attached to an aromatic ring is 1. The lowest BCUT2D eigenvalue weighted by Gasteiger charge is -2.18. The number of carboxylic acid groups (broad SMARTS) is 1. The Bertz CT molecular complexity index is 1300. The van der Waals surface area contributed by atoms with Crippen LogP contribution in [0, 0.1) is 23.4 Å². The van der Waals surface area contributed by atoms with Crippen LogP contribution < -0.4 is 16.6 Å². The lowest BCUT2D eigenvalue weighted by molar-refractivity contribution is -0.140. The summed E-state index contributed by atoms with van der Waals surface area (Å²) in [6.07, 6.45) is 0.319. The molecule has 0 radical (unpaired) electrons. The first kappa shape index (κ1) is 25.7. The third-order valence-electron chi connectivity index (χ3n) is 5.34. The van der Waals surface area contributed by atoms with Gasteiger partial charge >= 0.3 is 5.97 Å². The quantitative estimate of drug-likeness (QED) is 0.397. The van der Waals surface area contributed by atoms with E-state index in [0.29, 0.717) is 11.0 Å². The molecule has 1 aromatic heterocycles. The molecule has 0 aliphatic heterocycles. The van der Waals surface area contributed by atoms with Crippen LogP contribution in [0.15, 0.2) is 53.3 Å². The summed E-state index contributed by atoms with van der Waals surface area (Å²) in [5, 5.41) is 12.1. The second kappa shape index (κ2) is 10.6. The average Bonchev–Trinajstić information content (AvgIpc) is 2.78. The first-order chi connectivity index (χ1) is 16.5. The van der Waals surface area contributed by atoms with Crippen LogP contribution in [-0.4, -0.2) is 27.5 Å². The number of benzene rings is 2. The Morgan fingerprint density at radius 3 is 2.17 bits per heavy atom. The van der Waals surface area contributed by atoms with Crippen molar-refractivity contribution in [1.82, 2.24) is 9.88 Å². The predicted octanol–water partition coefficient (Wildman–Crippen LogP) is 3.66. The van der Waals surface area contributed by atoms with Crippen molar-refractivity contribution in [2.24, 2.45) is 5.92 Å². The summed E-state index contributed by atoms with van der Waals surface area (Å²) in [6, 6.07) is 7.68. The number of anilines is 1. The van der Waals surface area contributed by atoms with Gasteiger partial charge < -0.3 is 16.2 Å². The standard InChI is InChI=1S/C25H24F3N3O4/c1-13(2)9-20(25(34)35)30-12-14-10-18(27)22(19(28)11-14)31-21(32)8-7-17(24(31)29)23(33)15-3-5-16(26)6-4-15/h3-8,10-11,13,20,30H,9,12,29H2,1-2H3,(H,34,35)/t20-/m0/s1. The fourth-order valence-electron chi connectivity index (χ4n) is 3.65. The van der Waals surface area contributed by atoms with Crippen molar-refractivity contribution in [2.45, 2.75) is 32.9 Å². The third kappa shape index (κ3) is 5.78. The van der Waals surface area contributed by atoms with Crippen molar-refractivity contribution in [3.63, 3.8) is 0 Å². The van der Waals surface area contributed by atoms with E-state index < -0.39 is 52.3 Å². The van der Waals surface area contributed by atoms with E-state index in [1.54, 1.807) is 0 Å². The maximum atomic E-state index is 15.0. The average molecular weight is 487 g/mol. The van der Waals surface area contributed by atoms with Gasteiger partial charge in [-0.15, -0.1) is 0 Å². The number of ketones is 1. The molecule has 0 unspecified atom stereocenters. The summed E-state index contributed by atoms with van der Waals surface area (Å²) in [5.41, 5.74) is 4.34. The highest BCUT2D eigenvalue weighted by Gasteiger charge is 2.23. The van der Waals surface area contributed by atoms with Gasteiger partial charge in [0.25, 0.3) is 5.56 Å². The van der Waals surface area contributed by atoms with Gasteiger partial charge in [-0.3, -0.25) is 19.0 Å². The van der Waals surface area contributed by atoms with E-state index in [1.807, 2.05) is 13.8 Å². The summed E-state index contributed by atoms with van der Waals surface area (Å²) in [5.74, 6) is -4.97. The summed E-state index contributed by atoms with van der Waals surface area (Å²) in [6.45, 7) is 3.57. The number of pyridine rings is 1. The lowest BCUT2D eigenvalue weighted by atomic mass is 10.0. The normalized spacial score (nSPS) is 12.1. The molecule has 35 heavy (non-hydrogen) atoms. The van der Waals surface area contributed by atoms with E-state index in [2.05, 4.69) is 5.32 Å². The smallest absolute Gasteiger partial charge is 0.320 e. The van der Waals surface area contributed by atoms with E-state index in [1.165, 1.54) is 12.1 Å². The number of nitrogens with two attached hydrogens (primary N) is 1. The van der Waals surface area contributed by atoms with Gasteiger partial charge in [0.05, 0.1) is 5.56 Å². The third-order valence-corrected chi connectivity index (χ3v) is 5.34. The number of carbonyl (C=O) groups is 2. The van der Waals surface area contributed by atoms with Gasteiger partial charge in [0.2, 0.25) is 0 Å². The van der Waals surface area contributed by atoms with Crippen molar-refractivity contribution >= 4 is 17.6 Å². The Kier molecular flexibility index (Phi) is 7.75. The van der Waals surface area contributed by atoms with Crippen LogP contribution in [0.1, 0.15) is 41.8 Å². The van der Waals surface area contributed by atoms with Crippen molar-refractivity contribution < 1.29 is 27.9 Å². The van der Waals surface area contributed by atoms with Crippen LogP contribution in [0.5, 0.6) is 0 Å². The Morgan fingerprint density at radius 2 is 1.63 bits per heavy atom. The molecule has 0 aliphatic rings. The zero-order valence-electron chi connectivity index (χ0n) is 19.0. The lowest BCUT2D eigenvalue weighted by Crippen LogP contribution is -2.37. The summed E-state index contributed by atoms with van der Waals surface area (Å²) in [4.78, 5) is 36.7. The Hall–Kier alpha value is -3.92. The van der Waals surface area contributed by atoms with Gasteiger partial charge in [-0.05, 0) is 60.4 Å². The largest absolute Gasteiger partial charge is 0.480 e. The number of carbonyl (C=O) groups excluding carboxylic acids is 1. The van der Waals surface area contributed by atoms with Crippen LogP contribution in [-0.2, 0) is 11.3 Å². The molecule has 4 N–H and O–H groups in total. The molecule has 0 bridgehead atoms. The number of carboxylic acids is 1. The zero-order chi connectivity index (χ0) is 25.9. The fourth-order valence-corrected chi connectivity index (χ4v) is 3.65. The summed E-state index contributed by atoms with van der Waals surface area (Å²) >= 11 is 0. The van der Waals surface area contributed by atoms with Gasteiger partial charge in [0, 0.05) is 18.2 Å². The van der Waals surface area contributed by atoms with Gasteiger partial charge in [0.1, 0.15) is 23.4 Å². The number of halogens is 3. The molecule has 0 saturated carbocycles. The summed E-state index contributed by atoms with van der Waals surface area (Å²) in [7, 11) is 0. The Morgan fingerprint density at radius 1 is 1.03 bits per heavy atom. The maximum absolute atomic E-state index is 15.0. The molecule has 0 fully saturated rings. The van der Waals surface area contributed by atoms with Crippen LogP contribution in [0.2, 0.25) is 0 Å². The van der Waals surface area contributed by atoms with Gasteiger partial charge in [-0.2, -0.15) is 0 Å². The molecule has 0 spiro atoms. The van der Waals surface area contributed by atoms with Crippen molar-refractivity contribution in [2.75, 3.05) is 5.73 Å². The molecule has 0 saturated heterocycles. The Balaban J connectivity index is 1.97. The van der Waals surface area contributed by atoms with E-state index >= 15 is 8.78 Å². The van der Waals surface area contributed by atoms with Crippen LogP contribution in [0.4, 0.5) is 19.0 Å². The highest BCUT2D eigenvalue weighted by molar-refractivity contribution is 6.11. The number of nitrogens with one attached hydrogen (secondary N) is 1. The first-order valence-electron chi connectivity index (χ1n) is 10.8. The van der Waals surface area contributed by atoms with Gasteiger partial charge in [-0.25, -0.2) is 13.2 Å². The van der Waals surface area contributed by atoms with Crippen LogP contribution >= 0.6 is 0 Å². The molecule has 3 rings (SSSR count). The maximum Gasteiger partial charge on any atom is 0.320 e. The monoisotopic (exact) mass is 487 g/mol. The highest BCUT2D eigenvalue weighted by atomic mass is 19.1. The number of aromatic nitrogens is 1. The fraction of sp³-hybridized carbons (Fsp3) is 0.240. The SMILES string of the molecule is CC(C)C[C@H](NCc1cc(F)c(-n2c(N)c(C(=O)c3ccc(F)cc3)ccc2=O)c(F)c1)C(=O)O. The second-order valence-electron chi connectivity index (χ2n) is 8.45. The molecular weight excluding hydrogens is 463 g/mol. The molecule has 2 aromatic carbocycles. The molecule has 1 atom stereocenters. The van der Waals surface area contributed by atoms with Gasteiger partial charge in [0.15, 0.2) is 17.4 Å². The van der Waals surface area contributed by atoms with Gasteiger partial charge in [-0.1, -0.05) is 13.8 Å². The van der Waals surface area contributed by atoms with Crippen molar-refractivity contribution in [3.05, 3.63) is 93.0 Å². The minimum absolute atomic E-state index is 0.0695. The zero-order valence-corrected chi connectivity index (χ0v) is 19.0. The molecule has 10 heteroatoms. The van der Waals surface area contributed by atoms with E-state index in [0.717, 1.165) is 36.4 Å². The minimum atomic E-state index is -1.13. The van der Waals surface area contributed by atoms with E-state index in [4.69, 9.17) is 5.73 Å². The van der Waals surface area contributed by atoms with Crippen molar-refractivity contribution in [1.29, 1.82) is 0 Å². The van der Waals surface area contributed by atoms with Crippen LogP contribution in [0.3, 0.4) is 0 Å². The first-order valence-corrected chi connectivity index (χ1v) is 10.8. The molecule has 0 aliphatic carbocycles. The predicted molar refractivity (Wildman–Crippen MR) is 124 cm³/mol.